The first kappa shape index (κ1) is 14.8. The van der Waals surface area contributed by atoms with Crippen LogP contribution in [0.2, 0.25) is 0 Å². The minimum absolute atomic E-state index is 0.480. The molecule has 0 N–H and O–H groups in total. The van der Waals surface area contributed by atoms with Gasteiger partial charge in [0.15, 0.2) is 23.3 Å². The molecule has 1 rings (SSSR count). The molecule has 0 unspecified atom stereocenters. The molecule has 1 aromatic rings. The molecular formula is C13H18BrNO3. The molecule has 0 aliphatic rings. The lowest BCUT2D eigenvalue weighted by atomic mass is 10.1. The van der Waals surface area contributed by atoms with Gasteiger partial charge in [0.25, 0.3) is 0 Å². The maximum Gasteiger partial charge on any atom is 0.183 e. The Morgan fingerprint density at radius 3 is 2.11 bits per heavy atom. The fourth-order valence-corrected chi connectivity index (χ4v) is 1.71. The molecule has 0 amide bonds. The molecule has 5 heteroatoms. The first-order valence-electron chi connectivity index (χ1n) is 5.52. The molecule has 4 nitrogen and oxygen atoms in total. The normalized spacial score (nSPS) is 12.4. The summed E-state index contributed by atoms with van der Waals surface area (Å²) in [6.45, 7) is 5.56. The second kappa shape index (κ2) is 5.61. The van der Waals surface area contributed by atoms with Crippen molar-refractivity contribution in [2.24, 2.45) is 0 Å². The summed E-state index contributed by atoms with van der Waals surface area (Å²) in [5, 5.41) is 11.9. The van der Waals surface area contributed by atoms with Crippen molar-refractivity contribution in [2.45, 2.75) is 26.3 Å². The van der Waals surface area contributed by atoms with Crippen LogP contribution >= 0.6 is 15.9 Å². The number of hydroxylamine groups is 1. The summed E-state index contributed by atoms with van der Waals surface area (Å²) < 4.78 is 12.1. The fourth-order valence-electron chi connectivity index (χ4n) is 1.29. The highest BCUT2D eigenvalue weighted by atomic mass is 79.9. The lowest BCUT2D eigenvalue weighted by Crippen LogP contribution is -2.29. The molecule has 100 valence electrons. The van der Waals surface area contributed by atoms with Crippen LogP contribution in [-0.2, 0) is 0 Å². The Hall–Kier alpha value is -1.23. The van der Waals surface area contributed by atoms with Gasteiger partial charge in [-0.1, -0.05) is 0 Å². The minimum Gasteiger partial charge on any atom is -0.623 e. The number of methoxy groups -OCH3 is 2. The number of nitrogens with zero attached hydrogens (tertiary/aromatic N) is 1. The summed E-state index contributed by atoms with van der Waals surface area (Å²) >= 11 is 3.41. The van der Waals surface area contributed by atoms with Gasteiger partial charge in [-0.25, -0.2) is 4.74 Å². The summed E-state index contributed by atoms with van der Waals surface area (Å²) in [5.41, 5.74) is 0.268. The van der Waals surface area contributed by atoms with E-state index in [4.69, 9.17) is 9.47 Å². The van der Waals surface area contributed by atoms with Crippen molar-refractivity contribution in [3.8, 4) is 11.5 Å². The smallest absolute Gasteiger partial charge is 0.183 e. The third-order valence-corrected chi connectivity index (χ3v) is 3.11. The van der Waals surface area contributed by atoms with Gasteiger partial charge in [0, 0.05) is 25.2 Å². The van der Waals surface area contributed by atoms with Crippen molar-refractivity contribution in [1.29, 1.82) is 0 Å². The lowest BCUT2D eigenvalue weighted by molar-refractivity contribution is -0.530. The van der Waals surface area contributed by atoms with Crippen molar-refractivity contribution < 1.29 is 14.2 Å². The van der Waals surface area contributed by atoms with Gasteiger partial charge < -0.3 is 14.7 Å². The van der Waals surface area contributed by atoms with Gasteiger partial charge in [-0.05, 0) is 28.1 Å². The second-order valence-electron chi connectivity index (χ2n) is 4.85. The van der Waals surface area contributed by atoms with Crippen molar-refractivity contribution >= 4 is 22.1 Å². The quantitative estimate of drug-likeness (QED) is 0.372. The van der Waals surface area contributed by atoms with Crippen molar-refractivity contribution in [2.75, 3.05) is 14.2 Å². The molecule has 0 fully saturated rings. The largest absolute Gasteiger partial charge is 0.623 e. The molecule has 0 heterocycles. The Bertz CT molecular complexity index is 464. The first-order valence-corrected chi connectivity index (χ1v) is 6.31. The van der Waals surface area contributed by atoms with Crippen LogP contribution in [0.15, 0.2) is 16.6 Å². The minimum atomic E-state index is -0.480. The van der Waals surface area contributed by atoms with Crippen LogP contribution in [0.1, 0.15) is 26.3 Å². The molecule has 0 aromatic heterocycles. The molecule has 0 atom stereocenters. The topological polar surface area (TPSA) is 44.5 Å². The van der Waals surface area contributed by atoms with E-state index in [0.717, 1.165) is 14.8 Å². The van der Waals surface area contributed by atoms with Crippen LogP contribution in [0.5, 0.6) is 11.5 Å². The van der Waals surface area contributed by atoms with Crippen molar-refractivity contribution in [3.05, 3.63) is 27.4 Å². The maximum absolute atomic E-state index is 11.9. The summed E-state index contributed by atoms with van der Waals surface area (Å²) in [6, 6.07) is 3.54. The molecule has 18 heavy (non-hydrogen) atoms. The predicted octanol–water partition coefficient (Wildman–Crippen LogP) is 3.19. The van der Waals surface area contributed by atoms with E-state index < -0.39 is 5.54 Å². The van der Waals surface area contributed by atoms with Crippen LogP contribution in [0.25, 0.3) is 0 Å². The number of ether oxygens (including phenoxy) is 2. The van der Waals surface area contributed by atoms with E-state index in [0.29, 0.717) is 11.5 Å². The Kier molecular flexibility index (Phi) is 4.62. The number of hydrogen-bond acceptors (Lipinski definition) is 3. The predicted molar refractivity (Wildman–Crippen MR) is 75.8 cm³/mol. The average molecular weight is 316 g/mol. The summed E-state index contributed by atoms with van der Waals surface area (Å²) in [5.74, 6) is 1.21. The zero-order valence-electron chi connectivity index (χ0n) is 11.3. The fraction of sp³-hybridized carbons (Fsp3) is 0.462. The molecule has 1 aromatic carbocycles. The summed E-state index contributed by atoms with van der Waals surface area (Å²) in [4.78, 5) is 0. The van der Waals surface area contributed by atoms with Gasteiger partial charge in [0.05, 0.1) is 19.8 Å². The zero-order chi connectivity index (χ0) is 13.9. The van der Waals surface area contributed by atoms with Crippen LogP contribution in [-0.4, -0.2) is 30.7 Å². The van der Waals surface area contributed by atoms with Gasteiger partial charge in [-0.15, -0.1) is 0 Å². The Balaban J connectivity index is 3.26. The van der Waals surface area contributed by atoms with Gasteiger partial charge >= 0.3 is 0 Å². The second-order valence-corrected chi connectivity index (χ2v) is 5.71. The molecule has 0 aliphatic carbocycles. The van der Waals surface area contributed by atoms with E-state index >= 15 is 0 Å². The zero-order valence-corrected chi connectivity index (χ0v) is 12.9. The Morgan fingerprint density at radius 2 is 1.67 bits per heavy atom. The average Bonchev–Trinajstić information content (AvgIpc) is 2.29. The van der Waals surface area contributed by atoms with Crippen molar-refractivity contribution in [3.63, 3.8) is 0 Å². The van der Waals surface area contributed by atoms with Gasteiger partial charge in [0.1, 0.15) is 0 Å². The van der Waals surface area contributed by atoms with Crippen LogP contribution in [0.3, 0.4) is 0 Å². The highest BCUT2D eigenvalue weighted by molar-refractivity contribution is 9.10. The summed E-state index contributed by atoms with van der Waals surface area (Å²) in [7, 11) is 3.14. The van der Waals surface area contributed by atoms with Gasteiger partial charge in [0.2, 0.25) is 0 Å². The lowest BCUT2D eigenvalue weighted by Gasteiger charge is -2.19. The number of benzene rings is 1. The van der Waals surface area contributed by atoms with Crippen LogP contribution in [0, 0.1) is 5.21 Å². The summed E-state index contributed by atoms with van der Waals surface area (Å²) in [6.07, 6.45) is 1.53. The highest BCUT2D eigenvalue weighted by Gasteiger charge is 2.19. The third-order valence-electron chi connectivity index (χ3n) is 2.42. The van der Waals surface area contributed by atoms with Crippen molar-refractivity contribution in [1.82, 2.24) is 0 Å². The number of hydrogen-bond donors (Lipinski definition) is 0. The molecule has 0 radical (unpaired) electrons. The molecule has 0 bridgehead atoms. The van der Waals surface area contributed by atoms with E-state index in [-0.39, 0.29) is 0 Å². The van der Waals surface area contributed by atoms with Gasteiger partial charge in [-0.3, -0.25) is 0 Å². The highest BCUT2D eigenvalue weighted by Crippen LogP contribution is 2.32. The van der Waals surface area contributed by atoms with Crippen LogP contribution < -0.4 is 9.47 Å². The van der Waals surface area contributed by atoms with E-state index in [1.54, 1.807) is 26.4 Å². The first-order chi connectivity index (χ1) is 8.29. The molecular weight excluding hydrogens is 298 g/mol. The molecule has 0 aliphatic heterocycles. The van der Waals surface area contributed by atoms with E-state index in [1.165, 1.54) is 6.21 Å². The molecule has 0 spiro atoms. The SMILES string of the molecule is COc1cc(Br)c(/C=[N+](\[O-])C(C)(C)C)cc1OC. The number of halogens is 1. The van der Waals surface area contributed by atoms with Crippen LogP contribution in [0.4, 0.5) is 0 Å². The van der Waals surface area contributed by atoms with Gasteiger partial charge in [-0.2, -0.15) is 0 Å². The van der Waals surface area contributed by atoms with E-state index in [9.17, 15) is 5.21 Å². The molecule has 0 saturated heterocycles. The number of rotatable bonds is 3. The van der Waals surface area contributed by atoms with E-state index in [1.807, 2.05) is 20.8 Å². The Labute approximate surface area is 116 Å². The monoisotopic (exact) mass is 315 g/mol. The molecule has 0 saturated carbocycles. The Morgan fingerprint density at radius 1 is 1.17 bits per heavy atom. The maximum atomic E-state index is 11.9. The third kappa shape index (κ3) is 3.38. The van der Waals surface area contributed by atoms with E-state index in [2.05, 4.69) is 15.9 Å². The standard InChI is InChI=1S/C13H18BrNO3/c1-13(2,3)15(16)8-9-6-11(17-4)12(18-5)7-10(9)14/h6-8H,1-5H3/b15-8-.